The molecule has 2 saturated carbocycles. The van der Waals surface area contributed by atoms with Gasteiger partial charge in [-0.15, -0.1) is 12.4 Å². The molecule has 0 spiro atoms. The number of carbonyl (C=O) groups is 2. The van der Waals surface area contributed by atoms with Gasteiger partial charge in [-0.1, -0.05) is 38.5 Å². The number of halogens is 1. The maximum Gasteiger partial charge on any atom is 0.331 e. The summed E-state index contributed by atoms with van der Waals surface area (Å²) in [5.41, 5.74) is 5.08. The van der Waals surface area contributed by atoms with Gasteiger partial charge in [-0.3, -0.25) is 4.79 Å². The SMILES string of the molecule is COC(=O)C1(NC(=O)CC2(CN)CCCCC2)CCCCC1.Cl. The molecule has 0 aromatic heterocycles. The first-order valence-corrected chi connectivity index (χ1v) is 8.65. The number of esters is 1. The second-order valence-corrected chi connectivity index (χ2v) is 7.12. The normalized spacial score (nSPS) is 22.5. The van der Waals surface area contributed by atoms with Crippen molar-refractivity contribution < 1.29 is 14.3 Å². The molecule has 0 aromatic carbocycles. The van der Waals surface area contributed by atoms with Crippen molar-refractivity contribution in [2.75, 3.05) is 13.7 Å². The number of nitrogens with one attached hydrogen (secondary N) is 1. The van der Waals surface area contributed by atoms with E-state index in [1.54, 1.807) is 0 Å². The number of nitrogens with two attached hydrogens (primary N) is 1. The molecule has 0 aliphatic heterocycles. The Balaban J connectivity index is 0.00000264. The van der Waals surface area contributed by atoms with Crippen molar-refractivity contribution in [3.8, 4) is 0 Å². The van der Waals surface area contributed by atoms with Gasteiger partial charge in [0.15, 0.2) is 0 Å². The topological polar surface area (TPSA) is 81.4 Å². The molecule has 2 aliphatic rings. The van der Waals surface area contributed by atoms with Crippen molar-refractivity contribution in [1.29, 1.82) is 0 Å². The molecule has 0 bridgehead atoms. The zero-order valence-corrected chi connectivity index (χ0v) is 15.0. The summed E-state index contributed by atoms with van der Waals surface area (Å²) in [4.78, 5) is 24.8. The highest BCUT2D eigenvalue weighted by molar-refractivity contribution is 5.88. The average Bonchev–Trinajstić information content (AvgIpc) is 2.55. The molecule has 0 saturated heterocycles. The number of hydrogen-bond donors (Lipinski definition) is 2. The van der Waals surface area contributed by atoms with Crippen molar-refractivity contribution in [2.45, 2.75) is 76.2 Å². The number of amides is 1. The van der Waals surface area contributed by atoms with E-state index in [0.29, 0.717) is 25.8 Å². The van der Waals surface area contributed by atoms with Crippen molar-refractivity contribution in [3.05, 3.63) is 0 Å². The Morgan fingerprint density at radius 2 is 1.52 bits per heavy atom. The van der Waals surface area contributed by atoms with Crippen LogP contribution in [0.25, 0.3) is 0 Å². The van der Waals surface area contributed by atoms with Gasteiger partial charge in [-0.2, -0.15) is 0 Å². The molecule has 3 N–H and O–H groups in total. The van der Waals surface area contributed by atoms with Crippen molar-refractivity contribution >= 4 is 24.3 Å². The molecule has 2 aliphatic carbocycles. The van der Waals surface area contributed by atoms with Crippen LogP contribution in [0.3, 0.4) is 0 Å². The van der Waals surface area contributed by atoms with Gasteiger partial charge in [0, 0.05) is 6.42 Å². The third-order valence-electron chi connectivity index (χ3n) is 5.54. The molecule has 0 radical (unpaired) electrons. The number of rotatable bonds is 5. The Kier molecular flexibility index (Phi) is 7.81. The summed E-state index contributed by atoms with van der Waals surface area (Å²) >= 11 is 0. The van der Waals surface area contributed by atoms with E-state index >= 15 is 0 Å². The maximum atomic E-state index is 12.6. The summed E-state index contributed by atoms with van der Waals surface area (Å²) in [5, 5.41) is 3.02. The Labute approximate surface area is 145 Å². The van der Waals surface area contributed by atoms with Crippen LogP contribution in [0.1, 0.15) is 70.6 Å². The lowest BCUT2D eigenvalue weighted by molar-refractivity contribution is -0.153. The van der Waals surface area contributed by atoms with E-state index in [0.717, 1.165) is 44.9 Å². The second-order valence-electron chi connectivity index (χ2n) is 7.12. The molecule has 0 unspecified atom stereocenters. The third kappa shape index (κ3) is 4.83. The molecule has 134 valence electrons. The fourth-order valence-electron chi connectivity index (χ4n) is 4.14. The lowest BCUT2D eigenvalue weighted by Gasteiger charge is -2.39. The molecule has 0 heterocycles. The van der Waals surface area contributed by atoms with Gasteiger partial charge >= 0.3 is 5.97 Å². The zero-order valence-electron chi connectivity index (χ0n) is 14.2. The van der Waals surface area contributed by atoms with Crippen LogP contribution in [-0.4, -0.2) is 31.1 Å². The third-order valence-corrected chi connectivity index (χ3v) is 5.54. The molecule has 2 fully saturated rings. The van der Waals surface area contributed by atoms with Crippen LogP contribution in [0, 0.1) is 5.41 Å². The molecule has 5 nitrogen and oxygen atoms in total. The number of ether oxygens (including phenoxy) is 1. The lowest BCUT2D eigenvalue weighted by atomic mass is 9.71. The fraction of sp³-hybridized carbons (Fsp3) is 0.882. The van der Waals surface area contributed by atoms with Crippen molar-refractivity contribution in [2.24, 2.45) is 11.1 Å². The van der Waals surface area contributed by atoms with Crippen LogP contribution >= 0.6 is 12.4 Å². The van der Waals surface area contributed by atoms with Crippen molar-refractivity contribution in [1.82, 2.24) is 5.32 Å². The lowest BCUT2D eigenvalue weighted by Crippen LogP contribution is -2.57. The van der Waals surface area contributed by atoms with E-state index < -0.39 is 5.54 Å². The van der Waals surface area contributed by atoms with Gasteiger partial charge in [-0.05, 0) is 37.6 Å². The minimum atomic E-state index is -0.811. The van der Waals surface area contributed by atoms with E-state index in [4.69, 9.17) is 10.5 Å². The van der Waals surface area contributed by atoms with E-state index in [1.807, 2.05) is 0 Å². The Morgan fingerprint density at radius 1 is 1.00 bits per heavy atom. The van der Waals surface area contributed by atoms with Crippen molar-refractivity contribution in [3.63, 3.8) is 0 Å². The summed E-state index contributed by atoms with van der Waals surface area (Å²) in [6.45, 7) is 0.547. The average molecular weight is 347 g/mol. The van der Waals surface area contributed by atoms with E-state index in [2.05, 4.69) is 5.32 Å². The molecule has 0 aromatic rings. The van der Waals surface area contributed by atoms with Crippen LogP contribution < -0.4 is 11.1 Å². The maximum absolute atomic E-state index is 12.6. The van der Waals surface area contributed by atoms with Crippen LogP contribution in [0.2, 0.25) is 0 Å². The second kappa shape index (κ2) is 8.88. The summed E-state index contributed by atoms with van der Waals surface area (Å²) in [7, 11) is 1.40. The van der Waals surface area contributed by atoms with E-state index in [9.17, 15) is 9.59 Å². The summed E-state index contributed by atoms with van der Waals surface area (Å²) in [5.74, 6) is -0.342. The number of carbonyl (C=O) groups excluding carboxylic acids is 2. The van der Waals surface area contributed by atoms with Crippen LogP contribution in [0.5, 0.6) is 0 Å². The Bertz CT molecular complexity index is 403. The highest BCUT2D eigenvalue weighted by atomic mass is 35.5. The predicted molar refractivity (Wildman–Crippen MR) is 92.4 cm³/mol. The van der Waals surface area contributed by atoms with Gasteiger partial charge in [0.25, 0.3) is 0 Å². The molecule has 6 heteroatoms. The molecule has 0 atom stereocenters. The number of methoxy groups -OCH3 is 1. The molecule has 2 rings (SSSR count). The minimum Gasteiger partial charge on any atom is -0.467 e. The monoisotopic (exact) mass is 346 g/mol. The standard InChI is InChI=1S/C17H30N2O3.ClH/c1-22-15(21)17(10-6-3-7-11-17)19-14(20)12-16(13-18)8-4-2-5-9-16;/h2-13,18H2,1H3,(H,19,20);1H. The Morgan fingerprint density at radius 3 is 2.00 bits per heavy atom. The summed E-state index contributed by atoms with van der Waals surface area (Å²) < 4.78 is 4.96. The van der Waals surface area contributed by atoms with Gasteiger partial charge in [-0.25, -0.2) is 4.79 Å². The minimum absolute atomic E-state index is 0. The smallest absolute Gasteiger partial charge is 0.331 e. The van der Waals surface area contributed by atoms with Crippen LogP contribution in [0.4, 0.5) is 0 Å². The van der Waals surface area contributed by atoms with Gasteiger partial charge in [0.05, 0.1) is 7.11 Å². The summed E-state index contributed by atoms with van der Waals surface area (Å²) in [6.07, 6.45) is 10.4. The molecule has 23 heavy (non-hydrogen) atoms. The number of hydrogen-bond acceptors (Lipinski definition) is 4. The van der Waals surface area contributed by atoms with Gasteiger partial charge in [0.2, 0.25) is 5.91 Å². The highest BCUT2D eigenvalue weighted by Gasteiger charge is 2.43. The van der Waals surface area contributed by atoms with Gasteiger partial charge in [0.1, 0.15) is 5.54 Å². The highest BCUT2D eigenvalue weighted by Crippen LogP contribution is 2.39. The largest absolute Gasteiger partial charge is 0.467 e. The molecular formula is C17H31ClN2O3. The first-order chi connectivity index (χ1) is 10.6. The van der Waals surface area contributed by atoms with Crippen LogP contribution in [0.15, 0.2) is 0 Å². The fourth-order valence-corrected chi connectivity index (χ4v) is 4.14. The zero-order chi connectivity index (χ0) is 16.1. The molecule has 1 amide bonds. The van der Waals surface area contributed by atoms with Gasteiger partial charge < -0.3 is 15.8 Å². The molecular weight excluding hydrogens is 316 g/mol. The Hall–Kier alpha value is -0.810. The van der Waals surface area contributed by atoms with E-state index in [1.165, 1.54) is 13.5 Å². The van der Waals surface area contributed by atoms with Crippen LogP contribution in [-0.2, 0) is 14.3 Å². The predicted octanol–water partition coefficient (Wildman–Crippen LogP) is 2.70. The first-order valence-electron chi connectivity index (χ1n) is 8.65. The summed E-state index contributed by atoms with van der Waals surface area (Å²) in [6, 6.07) is 0. The van der Waals surface area contributed by atoms with E-state index in [-0.39, 0.29) is 29.7 Å². The first kappa shape index (κ1) is 20.2. The quantitative estimate of drug-likeness (QED) is 0.750.